The van der Waals surface area contributed by atoms with Crippen LogP contribution >= 0.6 is 0 Å². The number of ether oxygens (including phenoxy) is 1. The summed E-state index contributed by atoms with van der Waals surface area (Å²) in [4.78, 5) is 42.9. The van der Waals surface area contributed by atoms with Gasteiger partial charge in [0.2, 0.25) is 8.41 Å². The zero-order valence-electron chi connectivity index (χ0n) is 27.3. The SMILES string of the molecule is C[C@@H]1[C@@H]([Si](C)(C)F)[C@H](CCO)O[C@@]12C(=O)N(Cc1ccc(-n3[nH]c4ccccc4c3=O)cc1)c1ccc(-n3[nH]c4ccccc4c3=O)cc12. The fraction of sp³-hybridized carbons (Fsp3) is 0.270. The maximum atomic E-state index is 16.1. The van der Waals surface area contributed by atoms with Crippen molar-refractivity contribution in [3.05, 3.63) is 123 Å². The van der Waals surface area contributed by atoms with Crippen molar-refractivity contribution in [2.24, 2.45) is 5.92 Å². The predicted octanol–water partition coefficient (Wildman–Crippen LogP) is 5.66. The van der Waals surface area contributed by atoms with Crippen molar-refractivity contribution in [1.29, 1.82) is 0 Å². The first kappa shape index (κ1) is 31.2. The molecule has 2 aromatic heterocycles. The number of H-pyrrole nitrogens is 2. The number of aliphatic hydroxyl groups is 1. The average molecular weight is 678 g/mol. The summed E-state index contributed by atoms with van der Waals surface area (Å²) in [7, 11) is -3.39. The van der Waals surface area contributed by atoms with Gasteiger partial charge in [0, 0.05) is 23.6 Å². The number of benzene rings is 4. The summed E-state index contributed by atoms with van der Waals surface area (Å²) in [6.07, 6.45) is -0.452. The molecule has 2 aliphatic heterocycles. The highest BCUT2D eigenvalue weighted by molar-refractivity contribution is 6.72. The Balaban J connectivity index is 1.22. The number of nitrogens with one attached hydrogen (secondary N) is 2. The van der Waals surface area contributed by atoms with Crippen LogP contribution in [0.1, 0.15) is 24.5 Å². The van der Waals surface area contributed by atoms with E-state index in [2.05, 4.69) is 10.2 Å². The predicted molar refractivity (Wildman–Crippen MR) is 189 cm³/mol. The van der Waals surface area contributed by atoms with E-state index in [-0.39, 0.29) is 36.6 Å². The number of aromatic amines is 2. The maximum absolute atomic E-state index is 16.1. The second kappa shape index (κ2) is 11.3. The summed E-state index contributed by atoms with van der Waals surface area (Å²) in [5, 5.41) is 17.4. The molecule has 49 heavy (non-hydrogen) atoms. The first-order chi connectivity index (χ1) is 23.5. The molecule has 4 heterocycles. The Kier molecular flexibility index (Phi) is 7.18. The van der Waals surface area contributed by atoms with Crippen molar-refractivity contribution >= 4 is 41.8 Å². The molecular weight excluding hydrogens is 642 g/mol. The minimum Gasteiger partial charge on any atom is -0.396 e. The molecule has 1 fully saturated rings. The van der Waals surface area contributed by atoms with Gasteiger partial charge < -0.3 is 18.9 Å². The lowest BCUT2D eigenvalue weighted by atomic mass is 9.82. The van der Waals surface area contributed by atoms with E-state index in [1.165, 1.54) is 9.36 Å². The summed E-state index contributed by atoms with van der Waals surface area (Å²) >= 11 is 0. The first-order valence-corrected chi connectivity index (χ1v) is 19.4. The summed E-state index contributed by atoms with van der Waals surface area (Å²) in [6, 6.07) is 27.4. The highest BCUT2D eigenvalue weighted by Gasteiger charge is 2.66. The van der Waals surface area contributed by atoms with Crippen LogP contribution in [-0.4, -0.2) is 51.7 Å². The minimum atomic E-state index is -3.39. The molecule has 8 rings (SSSR count). The van der Waals surface area contributed by atoms with Gasteiger partial charge >= 0.3 is 0 Å². The van der Waals surface area contributed by atoms with Gasteiger partial charge in [-0.25, -0.2) is 9.36 Å². The molecule has 0 unspecified atom stereocenters. The van der Waals surface area contributed by atoms with Gasteiger partial charge in [-0.1, -0.05) is 43.3 Å². The third-order valence-corrected chi connectivity index (χ3v) is 12.8. The first-order valence-electron chi connectivity index (χ1n) is 16.5. The molecule has 1 saturated heterocycles. The average Bonchev–Trinajstić information content (AvgIpc) is 3.77. The second-order valence-corrected chi connectivity index (χ2v) is 17.4. The van der Waals surface area contributed by atoms with Crippen molar-refractivity contribution in [3.63, 3.8) is 0 Å². The zero-order valence-corrected chi connectivity index (χ0v) is 28.3. The molecule has 1 spiro atoms. The highest BCUT2D eigenvalue weighted by atomic mass is 28.4. The normalized spacial score (nSPS) is 22.2. The largest absolute Gasteiger partial charge is 0.396 e. The maximum Gasteiger partial charge on any atom is 0.279 e. The van der Waals surface area contributed by atoms with Crippen molar-refractivity contribution in [3.8, 4) is 11.4 Å². The molecule has 10 nitrogen and oxygen atoms in total. The van der Waals surface area contributed by atoms with Crippen LogP contribution in [0.2, 0.25) is 18.6 Å². The number of fused-ring (bicyclic) bond motifs is 4. The number of carbonyl (C=O) groups excluding carboxylic acids is 1. The van der Waals surface area contributed by atoms with Crippen molar-refractivity contribution in [2.75, 3.05) is 11.5 Å². The van der Waals surface area contributed by atoms with Crippen LogP contribution in [0.15, 0.2) is 101 Å². The Morgan fingerprint density at radius 2 is 1.41 bits per heavy atom. The Bertz CT molecular complexity index is 2370. The lowest BCUT2D eigenvalue weighted by Gasteiger charge is -2.31. The van der Waals surface area contributed by atoms with E-state index in [0.29, 0.717) is 38.9 Å². The van der Waals surface area contributed by atoms with Crippen LogP contribution in [0.5, 0.6) is 0 Å². The fourth-order valence-corrected chi connectivity index (χ4v) is 10.7. The van der Waals surface area contributed by atoms with Crippen molar-refractivity contribution in [2.45, 2.75) is 50.2 Å². The van der Waals surface area contributed by atoms with Gasteiger partial charge in [0.15, 0.2) is 5.60 Å². The summed E-state index contributed by atoms with van der Waals surface area (Å²) < 4.78 is 25.7. The Morgan fingerprint density at radius 1 is 0.837 bits per heavy atom. The quantitative estimate of drug-likeness (QED) is 0.149. The van der Waals surface area contributed by atoms with Gasteiger partial charge in [-0.2, -0.15) is 0 Å². The van der Waals surface area contributed by atoms with Gasteiger partial charge in [-0.3, -0.25) is 24.6 Å². The van der Waals surface area contributed by atoms with Crippen LogP contribution in [-0.2, 0) is 21.7 Å². The van der Waals surface area contributed by atoms with E-state index in [1.807, 2.05) is 67.6 Å². The van der Waals surface area contributed by atoms with Gasteiger partial charge in [0.25, 0.3) is 17.0 Å². The number of anilines is 1. The molecule has 4 atom stereocenters. The Hall–Kier alpha value is -5.04. The van der Waals surface area contributed by atoms with E-state index in [9.17, 15) is 19.5 Å². The summed E-state index contributed by atoms with van der Waals surface area (Å²) in [6.45, 7) is 5.12. The van der Waals surface area contributed by atoms with Gasteiger partial charge in [0.1, 0.15) is 0 Å². The van der Waals surface area contributed by atoms with Gasteiger partial charge in [0.05, 0.1) is 51.5 Å². The molecule has 0 aliphatic carbocycles. The summed E-state index contributed by atoms with van der Waals surface area (Å²) in [5.41, 5.74) is 2.14. The third kappa shape index (κ3) is 4.69. The van der Waals surface area contributed by atoms with E-state index >= 15 is 4.11 Å². The lowest BCUT2D eigenvalue weighted by molar-refractivity contribution is -0.146. The van der Waals surface area contributed by atoms with E-state index < -0.39 is 31.6 Å². The molecule has 1 amide bonds. The summed E-state index contributed by atoms with van der Waals surface area (Å²) in [5.74, 6) is -0.853. The number of amides is 1. The van der Waals surface area contributed by atoms with Crippen LogP contribution in [0, 0.1) is 5.92 Å². The minimum absolute atomic E-state index is 0.155. The molecule has 6 aromatic rings. The Labute approximate surface area is 281 Å². The topological polar surface area (TPSA) is 125 Å². The number of carbonyl (C=O) groups is 1. The molecule has 0 saturated carbocycles. The highest BCUT2D eigenvalue weighted by Crippen LogP contribution is 2.60. The number of halogens is 1. The number of para-hydroxylation sites is 2. The molecule has 12 heteroatoms. The van der Waals surface area contributed by atoms with E-state index in [1.54, 1.807) is 48.3 Å². The van der Waals surface area contributed by atoms with Crippen molar-refractivity contribution < 1.29 is 18.7 Å². The van der Waals surface area contributed by atoms with Crippen LogP contribution in [0.25, 0.3) is 33.2 Å². The molecule has 0 bridgehead atoms. The van der Waals surface area contributed by atoms with Gasteiger partial charge in [-0.15, -0.1) is 0 Å². The number of hydrogen-bond acceptors (Lipinski definition) is 5. The number of nitrogens with zero attached hydrogens (tertiary/aromatic N) is 3. The van der Waals surface area contributed by atoms with Crippen LogP contribution in [0.4, 0.5) is 9.80 Å². The molecule has 0 radical (unpaired) electrons. The van der Waals surface area contributed by atoms with E-state index in [0.717, 1.165) is 11.1 Å². The number of aromatic nitrogens is 4. The van der Waals surface area contributed by atoms with E-state index in [4.69, 9.17) is 4.74 Å². The lowest BCUT2D eigenvalue weighted by Crippen LogP contribution is -2.45. The number of rotatable bonds is 7. The molecule has 250 valence electrons. The molecule has 3 N–H and O–H groups in total. The monoisotopic (exact) mass is 677 g/mol. The van der Waals surface area contributed by atoms with Crippen molar-refractivity contribution in [1.82, 2.24) is 19.6 Å². The van der Waals surface area contributed by atoms with Crippen LogP contribution in [0.3, 0.4) is 0 Å². The smallest absolute Gasteiger partial charge is 0.279 e. The zero-order chi connectivity index (χ0) is 34.2. The Morgan fingerprint density at radius 3 is 1.98 bits per heavy atom. The fourth-order valence-electron chi connectivity index (χ4n) is 8.14. The molecule has 2 aliphatic rings. The molecular formula is C37H36FN5O5Si. The van der Waals surface area contributed by atoms with Crippen LogP contribution < -0.4 is 16.0 Å². The standard InChI is InChI=1S/C37H36FN5O5Si/c1-22-33(49(2,3)38)32(18-19-44)48-37(22)28-20-25(43-35(46)27-9-5-7-11-30(27)40-43)16-17-31(28)41(36(37)47)21-23-12-14-24(15-13-23)42-34(45)26-8-4-6-10-29(26)39-42/h4-17,20,22,32-33,39-40,44H,18-19,21H2,1-3H3/t22-,32+,33-,37+/m1/s1. The van der Waals surface area contributed by atoms with Gasteiger partial charge in [-0.05, 0) is 79.7 Å². The number of hydrogen-bond donors (Lipinski definition) is 3. The second-order valence-electron chi connectivity index (χ2n) is 13.6. The third-order valence-electron chi connectivity index (χ3n) is 10.3. The molecule has 4 aromatic carbocycles. The number of aliphatic hydroxyl groups excluding tert-OH is 1.